The van der Waals surface area contributed by atoms with Crippen LogP contribution in [0, 0.1) is 17.3 Å². The van der Waals surface area contributed by atoms with Crippen LogP contribution >= 0.6 is 70.2 Å². The number of nitrogens with one attached hydrogen (secondary N) is 3. The van der Waals surface area contributed by atoms with E-state index in [1.54, 1.807) is 6.08 Å². The molecule has 0 saturated heterocycles. The molecule has 1 fully saturated rings. The highest BCUT2D eigenvalue weighted by Crippen LogP contribution is 2.59. The predicted octanol–water partition coefficient (Wildman–Crippen LogP) is 5.38. The molecule has 27 heavy (non-hydrogen) atoms. The highest BCUT2D eigenvalue weighted by atomic mass is 35.6. The summed E-state index contributed by atoms with van der Waals surface area (Å²) in [6, 6.07) is 9.24. The maximum absolute atomic E-state index is 12.7. The van der Waals surface area contributed by atoms with E-state index in [0.717, 1.165) is 5.69 Å². The Bertz CT molecular complexity index is 732. The van der Waals surface area contributed by atoms with Crippen molar-refractivity contribution in [3.05, 3.63) is 40.9 Å². The molecule has 4 nitrogen and oxygen atoms in total. The average molecular weight is 490 g/mol. The minimum atomic E-state index is -1.83. The summed E-state index contributed by atoms with van der Waals surface area (Å²) in [6.07, 6.45) is 0.610. The van der Waals surface area contributed by atoms with Gasteiger partial charge in [-0.05, 0) is 41.8 Å². The maximum Gasteiger partial charge on any atom is 0.228 e. The number of thiocarbonyl (C=S) groups is 1. The van der Waals surface area contributed by atoms with Crippen LogP contribution < -0.4 is 16.0 Å². The summed E-state index contributed by atoms with van der Waals surface area (Å²) >= 11 is 34.8. The second-order valence-electron chi connectivity index (χ2n) is 6.73. The zero-order chi connectivity index (χ0) is 20.4. The molecule has 0 aromatic heterocycles. The first-order valence-electron chi connectivity index (χ1n) is 7.95. The Morgan fingerprint density at radius 3 is 2.30 bits per heavy atom. The van der Waals surface area contributed by atoms with Gasteiger partial charge in [0.25, 0.3) is 0 Å². The standard InChI is InChI=1S/C17H18Cl5N3OS/c1-16(2)10(8-11(18)19)12(16)13(26)24-14(17(20,21)22)25-15(27)23-9-6-4-3-5-7-9/h3-8,10,12,14H,1-2H3,(H,24,26)(H2,23,25,27)/t10-,12+,14-/m0/s1. The first kappa shape index (κ1) is 22.9. The highest BCUT2D eigenvalue weighted by molar-refractivity contribution is 7.80. The van der Waals surface area contributed by atoms with E-state index in [1.165, 1.54) is 0 Å². The van der Waals surface area contributed by atoms with Crippen molar-refractivity contribution in [2.24, 2.45) is 17.3 Å². The molecule has 0 bridgehead atoms. The molecular formula is C17H18Cl5N3OS. The van der Waals surface area contributed by atoms with E-state index in [0.29, 0.717) is 0 Å². The Morgan fingerprint density at radius 2 is 1.78 bits per heavy atom. The lowest BCUT2D eigenvalue weighted by atomic mass is 10.1. The van der Waals surface area contributed by atoms with E-state index in [-0.39, 0.29) is 32.8 Å². The number of halogens is 5. The van der Waals surface area contributed by atoms with Crippen LogP contribution in [0.25, 0.3) is 0 Å². The van der Waals surface area contributed by atoms with Crippen LogP contribution in [0.3, 0.4) is 0 Å². The third-order valence-electron chi connectivity index (χ3n) is 4.42. The number of carbonyl (C=O) groups excluding carboxylic acids is 1. The molecular weight excluding hydrogens is 472 g/mol. The molecule has 3 atom stereocenters. The van der Waals surface area contributed by atoms with Gasteiger partial charge in [-0.15, -0.1) is 0 Å². The van der Waals surface area contributed by atoms with Gasteiger partial charge in [0.1, 0.15) is 10.7 Å². The number of para-hydroxylation sites is 1. The molecule has 0 unspecified atom stereocenters. The summed E-state index contributed by atoms with van der Waals surface area (Å²) in [4.78, 5) is 12.7. The quantitative estimate of drug-likeness (QED) is 0.295. The molecule has 0 radical (unpaired) electrons. The molecule has 3 N–H and O–H groups in total. The summed E-state index contributed by atoms with van der Waals surface area (Å²) in [6.45, 7) is 3.88. The van der Waals surface area contributed by atoms with Crippen molar-refractivity contribution >= 4 is 86.9 Å². The summed E-state index contributed by atoms with van der Waals surface area (Å²) < 4.78 is -1.71. The minimum absolute atomic E-state index is 0.104. The molecule has 148 valence electrons. The van der Waals surface area contributed by atoms with Crippen LogP contribution in [0.5, 0.6) is 0 Å². The molecule has 1 aliphatic carbocycles. The predicted molar refractivity (Wildman–Crippen MR) is 119 cm³/mol. The Morgan fingerprint density at radius 1 is 1.19 bits per heavy atom. The normalized spacial score (nSPS) is 21.6. The van der Waals surface area contributed by atoms with Gasteiger partial charge >= 0.3 is 0 Å². The van der Waals surface area contributed by atoms with E-state index in [4.69, 9.17) is 70.2 Å². The SMILES string of the molecule is CC1(C)[C@@H](C=C(Cl)Cl)[C@@H]1C(=O)N[C@@H](NC(=S)Nc1ccccc1)C(Cl)(Cl)Cl. The van der Waals surface area contributed by atoms with Gasteiger partial charge < -0.3 is 16.0 Å². The molecule has 0 aliphatic heterocycles. The lowest BCUT2D eigenvalue weighted by Gasteiger charge is -2.28. The number of allylic oxidation sites excluding steroid dienone is 1. The molecule has 2 rings (SSSR count). The molecule has 1 aliphatic rings. The molecule has 1 saturated carbocycles. The van der Waals surface area contributed by atoms with Crippen molar-refractivity contribution in [3.8, 4) is 0 Å². The minimum Gasteiger partial charge on any atom is -0.339 e. The second kappa shape index (κ2) is 8.93. The van der Waals surface area contributed by atoms with Gasteiger partial charge in [0.2, 0.25) is 9.70 Å². The van der Waals surface area contributed by atoms with Crippen LogP contribution in [0.2, 0.25) is 0 Å². The zero-order valence-electron chi connectivity index (χ0n) is 14.4. The zero-order valence-corrected chi connectivity index (χ0v) is 19.0. The summed E-state index contributed by atoms with van der Waals surface area (Å²) in [5.74, 6) is -0.743. The Hall–Kier alpha value is -0.430. The largest absolute Gasteiger partial charge is 0.339 e. The molecule has 0 heterocycles. The fourth-order valence-electron chi connectivity index (χ4n) is 2.88. The molecule has 1 aromatic rings. The first-order chi connectivity index (χ1) is 12.4. The lowest BCUT2D eigenvalue weighted by molar-refractivity contribution is -0.123. The van der Waals surface area contributed by atoms with Gasteiger partial charge in [-0.1, -0.05) is 90.1 Å². The molecule has 1 aromatic carbocycles. The van der Waals surface area contributed by atoms with E-state index >= 15 is 0 Å². The fraction of sp³-hybridized carbons (Fsp3) is 0.412. The monoisotopic (exact) mass is 487 g/mol. The topological polar surface area (TPSA) is 53.2 Å². The van der Waals surface area contributed by atoms with Crippen molar-refractivity contribution in [2.45, 2.75) is 23.8 Å². The Labute approximate surface area is 188 Å². The van der Waals surface area contributed by atoms with Crippen LogP contribution in [-0.2, 0) is 4.79 Å². The van der Waals surface area contributed by atoms with Gasteiger partial charge in [0.05, 0.1) is 5.92 Å². The van der Waals surface area contributed by atoms with Gasteiger partial charge in [0.15, 0.2) is 5.11 Å². The number of hydrogen-bond donors (Lipinski definition) is 3. The molecule has 0 spiro atoms. The smallest absolute Gasteiger partial charge is 0.228 e. The number of anilines is 1. The van der Waals surface area contributed by atoms with Gasteiger partial charge in [-0.25, -0.2) is 0 Å². The first-order valence-corrected chi connectivity index (χ1v) is 10.2. The van der Waals surface area contributed by atoms with Crippen LogP contribution in [0.4, 0.5) is 5.69 Å². The average Bonchev–Trinajstić information content (AvgIpc) is 3.06. The van der Waals surface area contributed by atoms with Crippen LogP contribution in [0.1, 0.15) is 13.8 Å². The number of alkyl halides is 3. The van der Waals surface area contributed by atoms with Crippen molar-refractivity contribution in [1.29, 1.82) is 0 Å². The van der Waals surface area contributed by atoms with Crippen LogP contribution in [0.15, 0.2) is 40.9 Å². The van der Waals surface area contributed by atoms with Crippen molar-refractivity contribution in [1.82, 2.24) is 10.6 Å². The lowest BCUT2D eigenvalue weighted by Crippen LogP contribution is -2.56. The van der Waals surface area contributed by atoms with Gasteiger partial charge in [-0.3, -0.25) is 4.79 Å². The second-order valence-corrected chi connectivity index (χ2v) is 10.5. The van der Waals surface area contributed by atoms with E-state index in [9.17, 15) is 4.79 Å². The number of rotatable bonds is 5. The van der Waals surface area contributed by atoms with Gasteiger partial charge in [-0.2, -0.15) is 0 Å². The maximum atomic E-state index is 12.7. The molecule has 10 heteroatoms. The fourth-order valence-corrected chi connectivity index (χ4v) is 3.71. The molecule has 1 amide bonds. The third kappa shape index (κ3) is 6.28. The van der Waals surface area contributed by atoms with E-state index in [2.05, 4.69) is 16.0 Å². The van der Waals surface area contributed by atoms with Crippen LogP contribution in [-0.4, -0.2) is 21.0 Å². The van der Waals surface area contributed by atoms with Crippen molar-refractivity contribution in [3.63, 3.8) is 0 Å². The van der Waals surface area contributed by atoms with Crippen molar-refractivity contribution < 1.29 is 4.79 Å². The van der Waals surface area contributed by atoms with Crippen molar-refractivity contribution in [2.75, 3.05) is 5.32 Å². The van der Waals surface area contributed by atoms with E-state index in [1.807, 2.05) is 44.2 Å². The highest BCUT2D eigenvalue weighted by Gasteiger charge is 2.61. The number of hydrogen-bond acceptors (Lipinski definition) is 2. The summed E-state index contributed by atoms with van der Waals surface area (Å²) in [5, 5.41) is 8.70. The third-order valence-corrected chi connectivity index (χ3v) is 5.55. The summed E-state index contributed by atoms with van der Waals surface area (Å²) in [7, 11) is 0. The number of benzene rings is 1. The number of carbonyl (C=O) groups is 1. The van der Waals surface area contributed by atoms with Gasteiger partial charge in [0, 0.05) is 5.69 Å². The van der Waals surface area contributed by atoms with E-state index < -0.39 is 9.96 Å². The Balaban J connectivity index is 2.04. The summed E-state index contributed by atoms with van der Waals surface area (Å²) in [5.41, 5.74) is 0.453. The number of amides is 1. The Kier molecular flexibility index (Phi) is 7.56.